The number of benzene rings is 2. The number of rotatable bonds is 7. The largest absolute Gasteiger partial charge is 0.351 e. The molecule has 1 aliphatic carbocycles. The third-order valence-corrected chi connectivity index (χ3v) is 7.11. The molecular formula is C29H32N8O. The van der Waals surface area contributed by atoms with Crippen LogP contribution < -0.4 is 16.4 Å². The number of amides is 1. The number of carbonyl (C=O) groups is 1. The monoisotopic (exact) mass is 508 g/mol. The van der Waals surface area contributed by atoms with Crippen molar-refractivity contribution < 1.29 is 4.79 Å². The SMILES string of the molecule is CCc1cc(-c2cc(NC(=O)Cc3cccc(C#N)c3)nn2C)cc2cnc(N[C@H]3CC[C@H](N)CC3)nc12. The van der Waals surface area contributed by atoms with Gasteiger partial charge in [0.25, 0.3) is 0 Å². The quantitative estimate of drug-likeness (QED) is 0.338. The summed E-state index contributed by atoms with van der Waals surface area (Å²) in [5, 5.41) is 20.9. The number of anilines is 2. The Morgan fingerprint density at radius 2 is 2.00 bits per heavy atom. The molecule has 0 unspecified atom stereocenters. The Morgan fingerprint density at radius 1 is 1.18 bits per heavy atom. The number of hydrogen-bond acceptors (Lipinski definition) is 7. The minimum absolute atomic E-state index is 0.165. The summed E-state index contributed by atoms with van der Waals surface area (Å²) in [5.74, 6) is 0.946. The van der Waals surface area contributed by atoms with Crippen LogP contribution in [-0.4, -0.2) is 37.7 Å². The van der Waals surface area contributed by atoms with E-state index in [1.165, 1.54) is 0 Å². The van der Waals surface area contributed by atoms with Crippen molar-refractivity contribution in [1.82, 2.24) is 19.7 Å². The van der Waals surface area contributed by atoms with E-state index in [9.17, 15) is 4.79 Å². The first-order valence-corrected chi connectivity index (χ1v) is 13.1. The van der Waals surface area contributed by atoms with Gasteiger partial charge >= 0.3 is 0 Å². The Balaban J connectivity index is 1.34. The summed E-state index contributed by atoms with van der Waals surface area (Å²) >= 11 is 0. The molecule has 9 heteroatoms. The molecule has 5 rings (SSSR count). The van der Waals surface area contributed by atoms with E-state index in [1.54, 1.807) is 22.9 Å². The van der Waals surface area contributed by atoms with Gasteiger partial charge in [0.05, 0.1) is 29.3 Å². The van der Waals surface area contributed by atoms with Crippen LogP contribution in [0.15, 0.2) is 48.7 Å². The van der Waals surface area contributed by atoms with Crippen LogP contribution in [0.5, 0.6) is 0 Å². The van der Waals surface area contributed by atoms with Gasteiger partial charge in [-0.3, -0.25) is 9.48 Å². The molecule has 1 saturated carbocycles. The zero-order valence-corrected chi connectivity index (χ0v) is 21.7. The molecule has 1 amide bonds. The van der Waals surface area contributed by atoms with Crippen molar-refractivity contribution in [3.63, 3.8) is 0 Å². The first kappa shape index (κ1) is 25.4. The lowest BCUT2D eigenvalue weighted by atomic mass is 9.92. The van der Waals surface area contributed by atoms with Crippen molar-refractivity contribution in [1.29, 1.82) is 5.26 Å². The van der Waals surface area contributed by atoms with E-state index in [2.05, 4.69) is 45.8 Å². The lowest BCUT2D eigenvalue weighted by molar-refractivity contribution is -0.115. The number of carbonyl (C=O) groups excluding carboxylic acids is 1. The topological polar surface area (TPSA) is 135 Å². The average molecular weight is 509 g/mol. The Kier molecular flexibility index (Phi) is 7.33. The Hall–Kier alpha value is -4.29. The van der Waals surface area contributed by atoms with Crippen molar-refractivity contribution in [2.75, 3.05) is 10.6 Å². The van der Waals surface area contributed by atoms with Crippen LogP contribution in [0.3, 0.4) is 0 Å². The van der Waals surface area contributed by atoms with Gasteiger partial charge in [-0.15, -0.1) is 0 Å². The van der Waals surface area contributed by atoms with E-state index >= 15 is 0 Å². The molecule has 38 heavy (non-hydrogen) atoms. The maximum atomic E-state index is 12.6. The predicted octanol–water partition coefficient (Wildman–Crippen LogP) is 4.33. The fourth-order valence-electron chi connectivity index (χ4n) is 5.07. The molecular weight excluding hydrogens is 476 g/mol. The van der Waals surface area contributed by atoms with E-state index in [-0.39, 0.29) is 12.3 Å². The smallest absolute Gasteiger partial charge is 0.229 e. The number of aryl methyl sites for hydroxylation is 2. The molecule has 4 aromatic rings. The first-order valence-electron chi connectivity index (χ1n) is 13.1. The minimum Gasteiger partial charge on any atom is -0.351 e. The number of nitrogens with one attached hydrogen (secondary N) is 2. The molecule has 1 fully saturated rings. The van der Waals surface area contributed by atoms with Crippen LogP contribution in [0.2, 0.25) is 0 Å². The van der Waals surface area contributed by atoms with Gasteiger partial charge in [0.2, 0.25) is 11.9 Å². The van der Waals surface area contributed by atoms with Crippen LogP contribution in [0.1, 0.15) is 49.3 Å². The third-order valence-electron chi connectivity index (χ3n) is 7.11. The summed E-state index contributed by atoms with van der Waals surface area (Å²) in [6.45, 7) is 2.12. The molecule has 194 valence electrons. The molecule has 0 aliphatic heterocycles. The van der Waals surface area contributed by atoms with Gasteiger partial charge in [0.15, 0.2) is 5.82 Å². The van der Waals surface area contributed by atoms with Crippen LogP contribution in [-0.2, 0) is 24.7 Å². The Morgan fingerprint density at radius 3 is 2.76 bits per heavy atom. The van der Waals surface area contributed by atoms with Crippen molar-refractivity contribution in [3.8, 4) is 17.3 Å². The first-order chi connectivity index (χ1) is 18.4. The predicted molar refractivity (Wildman–Crippen MR) is 148 cm³/mol. The van der Waals surface area contributed by atoms with E-state index in [0.717, 1.165) is 65.4 Å². The average Bonchev–Trinajstić information content (AvgIpc) is 3.28. The standard InChI is InChI=1S/C29H32N8O/c1-3-20-13-21(14-22-17-32-29(35-28(20)22)33-24-9-7-23(31)8-10-24)25-15-26(36-37(25)2)34-27(38)12-18-5-4-6-19(11-18)16-30/h4-6,11,13-15,17,23-24H,3,7-10,12,31H2,1-2H3,(H,32,33,35)(H,34,36,38)/t23-,24-. The maximum Gasteiger partial charge on any atom is 0.229 e. The normalized spacial score (nSPS) is 17.2. The highest BCUT2D eigenvalue weighted by molar-refractivity contribution is 5.92. The zero-order valence-electron chi connectivity index (χ0n) is 21.7. The molecule has 0 spiro atoms. The molecule has 0 atom stereocenters. The molecule has 0 radical (unpaired) electrons. The lowest BCUT2D eigenvalue weighted by Gasteiger charge is -2.26. The molecule has 1 aliphatic rings. The van der Waals surface area contributed by atoms with E-state index in [1.807, 2.05) is 25.4 Å². The summed E-state index contributed by atoms with van der Waals surface area (Å²) in [4.78, 5) is 22.1. The van der Waals surface area contributed by atoms with Crippen molar-refractivity contribution >= 4 is 28.6 Å². The number of nitriles is 1. The van der Waals surface area contributed by atoms with Gasteiger partial charge in [-0.25, -0.2) is 9.97 Å². The number of nitrogens with two attached hydrogens (primary N) is 1. The fourth-order valence-corrected chi connectivity index (χ4v) is 5.07. The van der Waals surface area contributed by atoms with Crippen LogP contribution in [0.25, 0.3) is 22.2 Å². The van der Waals surface area contributed by atoms with E-state index in [0.29, 0.717) is 29.4 Å². The third kappa shape index (κ3) is 5.66. The number of hydrogen-bond donors (Lipinski definition) is 3. The highest BCUT2D eigenvalue weighted by Gasteiger charge is 2.20. The van der Waals surface area contributed by atoms with E-state index < -0.39 is 0 Å². The van der Waals surface area contributed by atoms with Gasteiger partial charge in [0, 0.05) is 42.3 Å². The molecule has 0 bridgehead atoms. The molecule has 9 nitrogen and oxygen atoms in total. The highest BCUT2D eigenvalue weighted by atomic mass is 16.1. The minimum atomic E-state index is -0.189. The second-order valence-corrected chi connectivity index (χ2v) is 9.95. The molecule has 4 N–H and O–H groups in total. The number of fused-ring (bicyclic) bond motifs is 1. The second-order valence-electron chi connectivity index (χ2n) is 9.95. The van der Waals surface area contributed by atoms with Gasteiger partial charge < -0.3 is 16.4 Å². The molecule has 0 saturated heterocycles. The maximum absolute atomic E-state index is 12.6. The van der Waals surface area contributed by atoms with Crippen LogP contribution in [0.4, 0.5) is 11.8 Å². The molecule has 2 aromatic heterocycles. The molecule has 2 heterocycles. The Labute approximate surface area is 222 Å². The summed E-state index contributed by atoms with van der Waals surface area (Å²) < 4.78 is 1.76. The molecule has 2 aromatic carbocycles. The number of nitrogens with zero attached hydrogens (tertiary/aromatic N) is 5. The fraction of sp³-hybridized carbons (Fsp3) is 0.345. The Bertz CT molecular complexity index is 1510. The zero-order chi connectivity index (χ0) is 26.6. The summed E-state index contributed by atoms with van der Waals surface area (Å²) in [6.07, 6.45) is 6.98. The highest BCUT2D eigenvalue weighted by Crippen LogP contribution is 2.29. The van der Waals surface area contributed by atoms with Crippen molar-refractivity contribution in [3.05, 3.63) is 65.4 Å². The van der Waals surface area contributed by atoms with Crippen LogP contribution >= 0.6 is 0 Å². The van der Waals surface area contributed by atoms with Crippen molar-refractivity contribution in [2.24, 2.45) is 12.8 Å². The number of aromatic nitrogens is 4. The lowest BCUT2D eigenvalue weighted by Crippen LogP contribution is -2.33. The van der Waals surface area contributed by atoms with Gasteiger partial charge in [0.1, 0.15) is 0 Å². The van der Waals surface area contributed by atoms with Crippen molar-refractivity contribution in [2.45, 2.75) is 57.5 Å². The van der Waals surface area contributed by atoms with Gasteiger partial charge in [-0.1, -0.05) is 19.1 Å². The van der Waals surface area contributed by atoms with Crippen LogP contribution in [0, 0.1) is 11.3 Å². The summed E-state index contributed by atoms with van der Waals surface area (Å²) in [6, 6.07) is 15.9. The summed E-state index contributed by atoms with van der Waals surface area (Å²) in [5.41, 5.74) is 11.3. The van der Waals surface area contributed by atoms with Gasteiger partial charge in [-0.2, -0.15) is 10.4 Å². The van der Waals surface area contributed by atoms with Gasteiger partial charge in [-0.05, 0) is 67.5 Å². The summed E-state index contributed by atoms with van der Waals surface area (Å²) in [7, 11) is 1.86. The van der Waals surface area contributed by atoms with E-state index in [4.69, 9.17) is 16.0 Å². The second kappa shape index (κ2) is 11.0.